The Hall–Kier alpha value is -0.690. The average Bonchev–Trinajstić information content (AvgIpc) is 2.36. The highest BCUT2D eigenvalue weighted by Crippen LogP contribution is 2.32. The van der Waals surface area contributed by atoms with Crippen molar-refractivity contribution in [3.8, 4) is 0 Å². The van der Waals surface area contributed by atoms with E-state index in [1.54, 1.807) is 0 Å². The van der Waals surface area contributed by atoms with Gasteiger partial charge in [-0.25, -0.2) is 0 Å². The van der Waals surface area contributed by atoms with Crippen molar-refractivity contribution in [1.82, 2.24) is 10.7 Å². The number of hydrogen-bond acceptors (Lipinski definition) is 5. The van der Waals surface area contributed by atoms with E-state index in [9.17, 15) is 4.79 Å². The van der Waals surface area contributed by atoms with E-state index in [4.69, 9.17) is 15.3 Å². The lowest BCUT2D eigenvalue weighted by atomic mass is 9.94. The minimum atomic E-state index is -0.473. The Morgan fingerprint density at radius 1 is 1.12 bits per heavy atom. The molecule has 1 aliphatic carbocycles. The molecule has 6 nitrogen and oxygen atoms in total. The lowest BCUT2D eigenvalue weighted by molar-refractivity contribution is -0.250. The van der Waals surface area contributed by atoms with E-state index < -0.39 is 5.79 Å². The Bertz CT molecular complexity index is 208. The van der Waals surface area contributed by atoms with Gasteiger partial charge in [0.15, 0.2) is 5.79 Å². The zero-order valence-corrected chi connectivity index (χ0v) is 10.2. The molecule has 0 saturated heterocycles. The fourth-order valence-corrected chi connectivity index (χ4v) is 2.07. The summed E-state index contributed by atoms with van der Waals surface area (Å²) in [5.41, 5.74) is 2.56. The third kappa shape index (κ3) is 5.45. The van der Waals surface area contributed by atoms with Gasteiger partial charge in [0, 0.05) is 25.9 Å². The average molecular weight is 245 g/mol. The number of nitrogens with two attached hydrogens (primary N) is 1. The van der Waals surface area contributed by atoms with Crippen molar-refractivity contribution < 1.29 is 14.3 Å². The van der Waals surface area contributed by atoms with Gasteiger partial charge in [0.25, 0.3) is 0 Å². The number of hydrazine groups is 1. The summed E-state index contributed by atoms with van der Waals surface area (Å²) in [5, 5.41) is 2.58. The summed E-state index contributed by atoms with van der Waals surface area (Å²) in [6, 6.07) is 0. The Balaban J connectivity index is 2.32. The molecule has 6 heteroatoms. The van der Waals surface area contributed by atoms with Gasteiger partial charge in [-0.15, -0.1) is 0 Å². The van der Waals surface area contributed by atoms with Crippen molar-refractivity contribution in [1.29, 1.82) is 0 Å². The molecule has 0 bridgehead atoms. The molecule has 1 fully saturated rings. The SMILES string of the molecule is NNCCOC1(OCCNC=O)CCCCC1. The van der Waals surface area contributed by atoms with Gasteiger partial charge in [-0.2, -0.15) is 0 Å². The zero-order valence-electron chi connectivity index (χ0n) is 10.2. The number of rotatable bonds is 9. The van der Waals surface area contributed by atoms with E-state index in [1.165, 1.54) is 6.42 Å². The second kappa shape index (κ2) is 8.41. The van der Waals surface area contributed by atoms with Crippen molar-refractivity contribution in [3.05, 3.63) is 0 Å². The molecule has 0 aromatic carbocycles. The van der Waals surface area contributed by atoms with Gasteiger partial charge in [-0.1, -0.05) is 6.42 Å². The predicted molar refractivity (Wildman–Crippen MR) is 64.0 cm³/mol. The molecule has 0 radical (unpaired) electrons. The normalized spacial score (nSPS) is 18.9. The molecule has 0 aromatic rings. The first-order valence-corrected chi connectivity index (χ1v) is 6.21. The van der Waals surface area contributed by atoms with Gasteiger partial charge < -0.3 is 14.8 Å². The Labute approximate surface area is 102 Å². The van der Waals surface area contributed by atoms with Crippen LogP contribution < -0.4 is 16.6 Å². The molecule has 1 amide bonds. The largest absolute Gasteiger partial charge is 0.356 e. The van der Waals surface area contributed by atoms with Crippen molar-refractivity contribution in [2.24, 2.45) is 5.84 Å². The molecule has 17 heavy (non-hydrogen) atoms. The van der Waals surface area contributed by atoms with Crippen LogP contribution >= 0.6 is 0 Å². The van der Waals surface area contributed by atoms with E-state index in [-0.39, 0.29) is 0 Å². The highest BCUT2D eigenvalue weighted by Gasteiger charge is 2.33. The fraction of sp³-hybridized carbons (Fsp3) is 0.909. The second-order valence-electron chi connectivity index (χ2n) is 4.19. The van der Waals surface area contributed by atoms with Crippen molar-refractivity contribution in [2.75, 3.05) is 26.3 Å². The van der Waals surface area contributed by atoms with E-state index in [2.05, 4.69) is 10.7 Å². The molecule has 0 unspecified atom stereocenters. The summed E-state index contributed by atoms with van der Waals surface area (Å²) in [5.74, 6) is 4.73. The van der Waals surface area contributed by atoms with E-state index in [0.717, 1.165) is 25.7 Å². The number of carbonyl (C=O) groups excluding carboxylic acids is 1. The van der Waals surface area contributed by atoms with Gasteiger partial charge in [-0.3, -0.25) is 16.1 Å². The number of hydrogen-bond donors (Lipinski definition) is 3. The lowest BCUT2D eigenvalue weighted by Crippen LogP contribution is -2.42. The van der Waals surface area contributed by atoms with Crippen LogP contribution in [0.25, 0.3) is 0 Å². The van der Waals surface area contributed by atoms with Crippen LogP contribution in [0.5, 0.6) is 0 Å². The third-order valence-electron chi connectivity index (χ3n) is 2.92. The van der Waals surface area contributed by atoms with E-state index in [1.807, 2.05) is 0 Å². The highest BCUT2D eigenvalue weighted by atomic mass is 16.7. The number of nitrogens with one attached hydrogen (secondary N) is 2. The van der Waals surface area contributed by atoms with Crippen LogP contribution in [0.1, 0.15) is 32.1 Å². The monoisotopic (exact) mass is 245 g/mol. The minimum Gasteiger partial charge on any atom is -0.356 e. The van der Waals surface area contributed by atoms with Gasteiger partial charge in [0.05, 0.1) is 13.2 Å². The summed E-state index contributed by atoms with van der Waals surface area (Å²) in [7, 11) is 0. The molecule has 100 valence electrons. The molecular weight excluding hydrogens is 222 g/mol. The molecule has 0 aliphatic heterocycles. The summed E-state index contributed by atoms with van der Waals surface area (Å²) < 4.78 is 11.6. The number of carbonyl (C=O) groups is 1. The van der Waals surface area contributed by atoms with Crippen molar-refractivity contribution >= 4 is 6.41 Å². The van der Waals surface area contributed by atoms with Crippen LogP contribution in [-0.2, 0) is 14.3 Å². The Morgan fingerprint density at radius 3 is 2.35 bits per heavy atom. The summed E-state index contributed by atoms with van der Waals surface area (Å²) >= 11 is 0. The quantitative estimate of drug-likeness (QED) is 0.173. The Kier molecular flexibility index (Phi) is 7.11. The van der Waals surface area contributed by atoms with Gasteiger partial charge in [-0.05, 0) is 12.8 Å². The Morgan fingerprint density at radius 2 is 1.76 bits per heavy atom. The molecular formula is C11H23N3O3. The van der Waals surface area contributed by atoms with Gasteiger partial charge in [0.1, 0.15) is 0 Å². The summed E-state index contributed by atoms with van der Waals surface area (Å²) in [6.45, 7) is 2.15. The summed E-state index contributed by atoms with van der Waals surface area (Å²) in [6.07, 6.45) is 5.98. The molecule has 4 N–H and O–H groups in total. The molecule has 0 atom stereocenters. The van der Waals surface area contributed by atoms with Crippen LogP contribution in [0.4, 0.5) is 0 Å². The molecule has 0 heterocycles. The van der Waals surface area contributed by atoms with Crippen LogP contribution in [0.15, 0.2) is 0 Å². The van der Waals surface area contributed by atoms with E-state index >= 15 is 0 Å². The van der Waals surface area contributed by atoms with Crippen molar-refractivity contribution in [3.63, 3.8) is 0 Å². The maximum atomic E-state index is 10.1. The maximum Gasteiger partial charge on any atom is 0.207 e. The zero-order chi connectivity index (χ0) is 12.4. The third-order valence-corrected chi connectivity index (χ3v) is 2.92. The fourth-order valence-electron chi connectivity index (χ4n) is 2.07. The number of ether oxygens (including phenoxy) is 2. The van der Waals surface area contributed by atoms with Crippen LogP contribution in [0, 0.1) is 0 Å². The molecule has 0 aromatic heterocycles. The molecule has 0 spiro atoms. The maximum absolute atomic E-state index is 10.1. The smallest absolute Gasteiger partial charge is 0.207 e. The topological polar surface area (TPSA) is 85.6 Å². The number of amides is 1. The van der Waals surface area contributed by atoms with Crippen molar-refractivity contribution in [2.45, 2.75) is 37.9 Å². The van der Waals surface area contributed by atoms with Crippen LogP contribution in [0.2, 0.25) is 0 Å². The molecule has 1 aliphatic rings. The first kappa shape index (κ1) is 14.4. The molecule has 1 rings (SSSR count). The first-order valence-electron chi connectivity index (χ1n) is 6.21. The first-order chi connectivity index (χ1) is 8.33. The van der Waals surface area contributed by atoms with Crippen LogP contribution in [-0.4, -0.2) is 38.5 Å². The van der Waals surface area contributed by atoms with E-state index in [0.29, 0.717) is 32.7 Å². The van der Waals surface area contributed by atoms with Gasteiger partial charge >= 0.3 is 0 Å². The molecule has 1 saturated carbocycles. The minimum absolute atomic E-state index is 0.473. The highest BCUT2D eigenvalue weighted by molar-refractivity contribution is 5.45. The summed E-state index contributed by atoms with van der Waals surface area (Å²) in [4.78, 5) is 10.1. The standard InChI is InChI=1S/C11H23N3O3/c12-14-7-9-17-11(4-2-1-3-5-11)16-8-6-13-10-15/h10,14H,1-9,12H2,(H,13,15). The van der Waals surface area contributed by atoms with Gasteiger partial charge in [0.2, 0.25) is 6.41 Å². The predicted octanol–water partition coefficient (Wildman–Crippen LogP) is -0.111. The lowest BCUT2D eigenvalue weighted by Gasteiger charge is -2.37. The van der Waals surface area contributed by atoms with Crippen LogP contribution in [0.3, 0.4) is 0 Å². The second-order valence-corrected chi connectivity index (χ2v) is 4.19.